The summed E-state index contributed by atoms with van der Waals surface area (Å²) in [5, 5.41) is 0.436. The Morgan fingerprint density at radius 3 is 2.80 bits per heavy atom. The normalized spacial score (nSPS) is 41.7. The molecule has 1 heterocycles. The molecule has 0 radical (unpaired) electrons. The average Bonchev–Trinajstić information content (AvgIpc) is 1.96. The summed E-state index contributed by atoms with van der Waals surface area (Å²) in [7, 11) is 1.70. The van der Waals surface area contributed by atoms with Gasteiger partial charge < -0.3 is 9.47 Å². The summed E-state index contributed by atoms with van der Waals surface area (Å²) in [6, 6.07) is 0. The molecule has 1 aliphatic rings. The molecule has 1 rings (SSSR count). The first-order chi connectivity index (χ1) is 4.69. The molecular weight excluding hydrogens is 148 g/mol. The van der Waals surface area contributed by atoms with Crippen LogP contribution in [0.1, 0.15) is 13.8 Å². The fraction of sp³-hybridized carbons (Fsp3) is 1.00. The second kappa shape index (κ2) is 3.11. The highest BCUT2D eigenvalue weighted by atomic mass is 32.2. The van der Waals surface area contributed by atoms with Crippen LogP contribution in [0.25, 0.3) is 0 Å². The van der Waals surface area contributed by atoms with Crippen LogP contribution in [-0.2, 0) is 9.47 Å². The highest BCUT2D eigenvalue weighted by molar-refractivity contribution is 8.00. The van der Waals surface area contributed by atoms with Gasteiger partial charge in [-0.3, -0.25) is 0 Å². The Bertz CT molecular complexity index is 118. The van der Waals surface area contributed by atoms with Crippen LogP contribution in [0.3, 0.4) is 0 Å². The number of rotatable bonds is 1. The highest BCUT2D eigenvalue weighted by Gasteiger charge is 2.35. The summed E-state index contributed by atoms with van der Waals surface area (Å²) < 4.78 is 10.7. The summed E-state index contributed by atoms with van der Waals surface area (Å²) in [6.07, 6.45) is 0. The van der Waals surface area contributed by atoms with E-state index in [9.17, 15) is 0 Å². The van der Waals surface area contributed by atoms with Crippen molar-refractivity contribution in [2.24, 2.45) is 0 Å². The van der Waals surface area contributed by atoms with Gasteiger partial charge in [0, 0.05) is 12.9 Å². The van der Waals surface area contributed by atoms with Crippen LogP contribution in [-0.4, -0.2) is 30.5 Å². The van der Waals surface area contributed by atoms with Crippen molar-refractivity contribution in [1.82, 2.24) is 0 Å². The lowest BCUT2D eigenvalue weighted by molar-refractivity contribution is -0.207. The third-order valence-corrected chi connectivity index (χ3v) is 3.31. The molecule has 60 valence electrons. The number of ether oxygens (including phenoxy) is 2. The number of hydrogen-bond donors (Lipinski definition) is 0. The zero-order chi connectivity index (χ0) is 7.61. The summed E-state index contributed by atoms with van der Waals surface area (Å²) in [5.74, 6) is 0.725. The van der Waals surface area contributed by atoms with Gasteiger partial charge in [0.1, 0.15) is 0 Å². The van der Waals surface area contributed by atoms with Gasteiger partial charge in [0.2, 0.25) is 0 Å². The van der Waals surface area contributed by atoms with Crippen molar-refractivity contribution in [2.45, 2.75) is 24.9 Å². The summed E-state index contributed by atoms with van der Waals surface area (Å²) in [4.78, 5) is 0. The van der Waals surface area contributed by atoms with Crippen molar-refractivity contribution < 1.29 is 9.47 Å². The van der Waals surface area contributed by atoms with Crippen LogP contribution in [0.5, 0.6) is 0 Å². The van der Waals surface area contributed by atoms with Crippen molar-refractivity contribution in [3.05, 3.63) is 0 Å². The summed E-state index contributed by atoms with van der Waals surface area (Å²) in [6.45, 7) is 4.93. The monoisotopic (exact) mass is 162 g/mol. The van der Waals surface area contributed by atoms with Crippen molar-refractivity contribution in [3.8, 4) is 0 Å². The quantitative estimate of drug-likeness (QED) is 0.582. The van der Waals surface area contributed by atoms with E-state index in [0.717, 1.165) is 12.4 Å². The van der Waals surface area contributed by atoms with Gasteiger partial charge in [0.15, 0.2) is 5.79 Å². The van der Waals surface area contributed by atoms with Crippen LogP contribution in [0, 0.1) is 0 Å². The number of methoxy groups -OCH3 is 1. The molecule has 2 nitrogen and oxygen atoms in total. The zero-order valence-electron chi connectivity index (χ0n) is 6.72. The Kier molecular flexibility index (Phi) is 2.61. The molecule has 1 saturated heterocycles. The molecule has 1 aliphatic heterocycles. The van der Waals surface area contributed by atoms with Crippen LogP contribution in [0.15, 0.2) is 0 Å². The molecule has 0 amide bonds. The Labute approximate surface area is 66.3 Å². The molecule has 2 unspecified atom stereocenters. The molecule has 0 saturated carbocycles. The van der Waals surface area contributed by atoms with E-state index in [4.69, 9.17) is 9.47 Å². The second-order valence-electron chi connectivity index (χ2n) is 2.58. The van der Waals surface area contributed by atoms with E-state index < -0.39 is 0 Å². The lowest BCUT2D eigenvalue weighted by Gasteiger charge is -2.37. The van der Waals surface area contributed by atoms with E-state index in [1.54, 1.807) is 7.11 Å². The maximum Gasteiger partial charge on any atom is 0.176 e. The highest BCUT2D eigenvalue weighted by Crippen LogP contribution is 2.31. The molecular formula is C7H14O2S. The molecule has 0 bridgehead atoms. The van der Waals surface area contributed by atoms with Crippen molar-refractivity contribution in [2.75, 3.05) is 19.5 Å². The first-order valence-corrected chi connectivity index (χ1v) is 4.54. The van der Waals surface area contributed by atoms with Crippen molar-refractivity contribution >= 4 is 11.8 Å². The molecule has 0 spiro atoms. The van der Waals surface area contributed by atoms with Gasteiger partial charge in [-0.05, 0) is 13.8 Å². The molecule has 2 atom stereocenters. The van der Waals surface area contributed by atoms with Gasteiger partial charge in [0.05, 0.1) is 11.9 Å². The SMILES string of the molecule is COC1(C)OCCSC1C. The van der Waals surface area contributed by atoms with Crippen molar-refractivity contribution in [1.29, 1.82) is 0 Å². The van der Waals surface area contributed by atoms with E-state index in [2.05, 4.69) is 6.92 Å². The Balaban J connectivity index is 2.54. The minimum Gasteiger partial charge on any atom is -0.352 e. The summed E-state index contributed by atoms with van der Waals surface area (Å²) in [5.41, 5.74) is 0. The van der Waals surface area contributed by atoms with Gasteiger partial charge in [0.25, 0.3) is 0 Å². The first-order valence-electron chi connectivity index (χ1n) is 3.50. The van der Waals surface area contributed by atoms with Crippen LogP contribution < -0.4 is 0 Å². The van der Waals surface area contributed by atoms with Crippen LogP contribution >= 0.6 is 11.8 Å². The fourth-order valence-electron chi connectivity index (χ4n) is 0.963. The van der Waals surface area contributed by atoms with E-state index in [1.807, 2.05) is 18.7 Å². The lowest BCUT2D eigenvalue weighted by atomic mass is 10.2. The molecule has 0 aromatic carbocycles. The first kappa shape index (κ1) is 8.37. The molecule has 1 fully saturated rings. The maximum atomic E-state index is 5.48. The van der Waals surface area contributed by atoms with E-state index in [0.29, 0.717) is 5.25 Å². The molecule has 0 aromatic rings. The number of hydrogen-bond acceptors (Lipinski definition) is 3. The topological polar surface area (TPSA) is 18.5 Å². The molecule has 3 heteroatoms. The van der Waals surface area contributed by atoms with E-state index in [1.165, 1.54) is 0 Å². The third-order valence-electron chi connectivity index (χ3n) is 1.98. The van der Waals surface area contributed by atoms with E-state index >= 15 is 0 Å². The summed E-state index contributed by atoms with van der Waals surface area (Å²) >= 11 is 1.90. The van der Waals surface area contributed by atoms with Gasteiger partial charge >= 0.3 is 0 Å². The Morgan fingerprint density at radius 2 is 2.40 bits per heavy atom. The van der Waals surface area contributed by atoms with Gasteiger partial charge in [-0.25, -0.2) is 0 Å². The third kappa shape index (κ3) is 1.47. The minimum absolute atomic E-state index is 0.358. The Morgan fingerprint density at radius 1 is 1.70 bits per heavy atom. The van der Waals surface area contributed by atoms with Crippen LogP contribution in [0.4, 0.5) is 0 Å². The standard InChI is InChI=1S/C7H14O2S/c1-6-7(2,8-3)9-4-5-10-6/h6H,4-5H2,1-3H3. The van der Waals surface area contributed by atoms with E-state index in [-0.39, 0.29) is 5.79 Å². The predicted octanol–water partition coefficient (Wildman–Crippen LogP) is 1.50. The van der Waals surface area contributed by atoms with Gasteiger partial charge in [-0.15, -0.1) is 0 Å². The maximum absolute atomic E-state index is 5.48. The Hall–Kier alpha value is 0.270. The van der Waals surface area contributed by atoms with Crippen LogP contribution in [0.2, 0.25) is 0 Å². The smallest absolute Gasteiger partial charge is 0.176 e. The average molecular weight is 162 g/mol. The predicted molar refractivity (Wildman–Crippen MR) is 43.3 cm³/mol. The lowest BCUT2D eigenvalue weighted by Crippen LogP contribution is -2.44. The molecule has 0 N–H and O–H groups in total. The zero-order valence-corrected chi connectivity index (χ0v) is 7.53. The van der Waals surface area contributed by atoms with Gasteiger partial charge in [-0.1, -0.05) is 0 Å². The fourth-order valence-corrected chi connectivity index (χ4v) is 1.96. The second-order valence-corrected chi connectivity index (χ2v) is 4.03. The minimum atomic E-state index is -0.358. The largest absolute Gasteiger partial charge is 0.352 e. The number of thioether (sulfide) groups is 1. The molecule has 0 aromatic heterocycles. The van der Waals surface area contributed by atoms with Crippen molar-refractivity contribution in [3.63, 3.8) is 0 Å². The van der Waals surface area contributed by atoms with Gasteiger partial charge in [-0.2, -0.15) is 11.8 Å². The molecule has 0 aliphatic carbocycles. The molecule has 10 heavy (non-hydrogen) atoms.